The van der Waals surface area contributed by atoms with Crippen LogP contribution in [0.5, 0.6) is 0 Å². The van der Waals surface area contributed by atoms with Crippen LogP contribution < -0.4 is 11.1 Å². The molecule has 8 aromatic rings. The van der Waals surface area contributed by atoms with Crippen LogP contribution in [0.1, 0.15) is 316 Å². The average molecular weight is 1400 g/mol. The first-order chi connectivity index (χ1) is 44.4. The van der Waals surface area contributed by atoms with Gasteiger partial charge >= 0.3 is 0 Å². The van der Waals surface area contributed by atoms with Crippen molar-refractivity contribution < 1.29 is 0 Å². The summed E-state index contributed by atoms with van der Waals surface area (Å²) >= 11 is 3.60. The zero-order valence-electron chi connectivity index (χ0n) is 69.3. The molecule has 3 heteroatoms. The van der Waals surface area contributed by atoms with E-state index in [0.29, 0.717) is 0 Å². The van der Waals surface area contributed by atoms with Crippen molar-refractivity contribution in [1.82, 2.24) is 0 Å². The molecular weight excluding hydrogens is 1260 g/mol. The number of nitrogens with one attached hydrogen (secondary N) is 1. The SMILES string of the molecule is CC(C)(C)c1cc(-c2cc(N)cc(-c3cc(C(C)(C)C)cc(C(C)(C)C)c3)c2)cc(C(C)(C)C)c1.CC(C)(C)c1cc(Br)cc(C(C)(C)C)c1.CC(C)(C)c1cc(Nc2cc(-c3cc(C(C)(C)C)cc(C(C)(C)C)c3)cc(-c3cc(C(C)(C)C)cc(C(C)(C)C)c3)c2)cc(C(C)(C)C)c1. The van der Waals surface area contributed by atoms with Crippen LogP contribution in [-0.4, -0.2) is 0 Å². The molecule has 536 valence electrons. The fourth-order valence-electron chi connectivity index (χ4n) is 11.8. The van der Waals surface area contributed by atoms with Gasteiger partial charge in [0.15, 0.2) is 0 Å². The Labute approximate surface area is 615 Å². The van der Waals surface area contributed by atoms with Crippen LogP contribution in [0.25, 0.3) is 44.5 Å². The van der Waals surface area contributed by atoms with E-state index in [1.807, 2.05) is 0 Å². The predicted molar refractivity (Wildman–Crippen MR) is 447 cm³/mol. The quantitative estimate of drug-likeness (QED) is 0.163. The van der Waals surface area contributed by atoms with Crippen LogP contribution in [-0.2, 0) is 65.0 Å². The molecule has 0 amide bonds. The first-order valence-electron chi connectivity index (χ1n) is 36.8. The minimum Gasteiger partial charge on any atom is -0.399 e. The highest BCUT2D eigenvalue weighted by Gasteiger charge is 2.29. The Balaban J connectivity index is 0.000000267. The third kappa shape index (κ3) is 22.4. The molecule has 0 saturated heterocycles. The average Bonchev–Trinajstić information content (AvgIpc) is 0.787. The summed E-state index contributed by atoms with van der Waals surface area (Å²) in [5.74, 6) is 0. The number of hydrogen-bond acceptors (Lipinski definition) is 2. The number of nitrogen functional groups attached to an aromatic ring is 1. The van der Waals surface area contributed by atoms with Gasteiger partial charge in [-0.3, -0.25) is 0 Å². The van der Waals surface area contributed by atoms with Gasteiger partial charge in [-0.25, -0.2) is 0 Å². The van der Waals surface area contributed by atoms with E-state index in [1.54, 1.807) is 0 Å². The van der Waals surface area contributed by atoms with Crippen LogP contribution in [0.15, 0.2) is 150 Å². The van der Waals surface area contributed by atoms with Gasteiger partial charge in [-0.1, -0.05) is 350 Å². The van der Waals surface area contributed by atoms with Gasteiger partial charge in [0.25, 0.3) is 0 Å². The second-order valence-corrected chi connectivity index (χ2v) is 42.4. The van der Waals surface area contributed by atoms with Crippen molar-refractivity contribution in [3.8, 4) is 44.5 Å². The standard InChI is InChI=1S/C48H67N.C34H47N.C14H21Br/c1-43(2,3)35-20-33(21-36(26-35)44(4,5)6)31-19-32(34-22-37(45(7,8)9)27-38(23-34)46(10,11)12)25-41(24-31)49-42-29-39(47(13,14)15)28-40(30-42)48(16,17)18;1-31(2,3)26-14-24(15-27(20-26)32(4,5)6)22-13-23(19-30(35)18-22)25-16-28(33(7,8)9)21-29(17-25)34(10,11)12;1-13(2,3)10-7-11(14(4,5)6)9-12(15)8-10/h19-30,49H,1-18H3;13-21H,35H2,1-12H3;7-9H,1-6H3. The van der Waals surface area contributed by atoms with Crippen LogP contribution in [0.2, 0.25) is 0 Å². The lowest BCUT2D eigenvalue weighted by atomic mass is 9.78. The molecule has 0 aromatic heterocycles. The number of benzene rings is 8. The van der Waals surface area contributed by atoms with Crippen molar-refractivity contribution in [2.45, 2.75) is 314 Å². The van der Waals surface area contributed by atoms with Crippen molar-refractivity contribution in [1.29, 1.82) is 0 Å². The van der Waals surface area contributed by atoms with Gasteiger partial charge in [0.2, 0.25) is 0 Å². The molecule has 0 aliphatic heterocycles. The molecule has 0 bridgehead atoms. The van der Waals surface area contributed by atoms with E-state index in [2.05, 4.69) is 416 Å². The minimum absolute atomic E-state index is 0.0358. The van der Waals surface area contributed by atoms with E-state index in [9.17, 15) is 0 Å². The van der Waals surface area contributed by atoms with E-state index < -0.39 is 0 Å². The van der Waals surface area contributed by atoms with E-state index in [4.69, 9.17) is 5.73 Å². The number of anilines is 3. The number of halogens is 1. The van der Waals surface area contributed by atoms with Gasteiger partial charge in [0.1, 0.15) is 0 Å². The molecule has 0 aliphatic carbocycles. The van der Waals surface area contributed by atoms with E-state index in [-0.39, 0.29) is 65.0 Å². The summed E-state index contributed by atoms with van der Waals surface area (Å²) in [7, 11) is 0. The normalized spacial score (nSPS) is 13.3. The van der Waals surface area contributed by atoms with Crippen molar-refractivity contribution in [2.24, 2.45) is 0 Å². The lowest BCUT2D eigenvalue weighted by Gasteiger charge is -2.28. The van der Waals surface area contributed by atoms with Crippen LogP contribution in [0.3, 0.4) is 0 Å². The van der Waals surface area contributed by atoms with Gasteiger partial charge < -0.3 is 11.1 Å². The summed E-state index contributed by atoms with van der Waals surface area (Å²) in [5.41, 5.74) is 36.7. The molecular formula is C96H135BrN2. The summed E-state index contributed by atoms with van der Waals surface area (Å²) in [6.45, 7) is 82.7. The largest absolute Gasteiger partial charge is 0.399 e. The highest BCUT2D eigenvalue weighted by atomic mass is 79.9. The van der Waals surface area contributed by atoms with Crippen LogP contribution in [0.4, 0.5) is 17.1 Å². The molecule has 0 unspecified atom stereocenters. The first-order valence-corrected chi connectivity index (χ1v) is 37.6. The maximum absolute atomic E-state index is 6.53. The minimum atomic E-state index is 0.0358. The zero-order valence-corrected chi connectivity index (χ0v) is 70.9. The Kier molecular flexibility index (Phi) is 23.6. The molecule has 99 heavy (non-hydrogen) atoms. The van der Waals surface area contributed by atoms with Gasteiger partial charge in [-0.2, -0.15) is 0 Å². The van der Waals surface area contributed by atoms with Crippen LogP contribution in [0, 0.1) is 0 Å². The monoisotopic (exact) mass is 1390 g/mol. The molecule has 3 N–H and O–H groups in total. The number of rotatable bonds is 6. The lowest BCUT2D eigenvalue weighted by Crippen LogP contribution is -2.17. The van der Waals surface area contributed by atoms with Gasteiger partial charge in [-0.15, -0.1) is 0 Å². The zero-order chi connectivity index (χ0) is 75.5. The molecule has 8 aromatic carbocycles. The van der Waals surface area contributed by atoms with E-state index >= 15 is 0 Å². The van der Waals surface area contributed by atoms with Crippen molar-refractivity contribution >= 4 is 33.0 Å². The molecule has 0 aliphatic rings. The molecule has 2 nitrogen and oxygen atoms in total. The maximum Gasteiger partial charge on any atom is 0.0396 e. The van der Waals surface area contributed by atoms with Gasteiger partial charge in [-0.05, 0) is 237 Å². The summed E-state index contributed by atoms with van der Waals surface area (Å²) in [6, 6.07) is 56.2. The molecule has 0 spiro atoms. The number of hydrogen-bond donors (Lipinski definition) is 2. The second-order valence-electron chi connectivity index (χ2n) is 41.5. The van der Waals surface area contributed by atoms with Crippen molar-refractivity contribution in [3.63, 3.8) is 0 Å². The Morgan fingerprint density at radius 2 is 0.323 bits per heavy atom. The molecule has 0 radical (unpaired) electrons. The number of nitrogens with two attached hydrogens (primary N) is 1. The maximum atomic E-state index is 6.53. The third-order valence-electron chi connectivity index (χ3n) is 19.5. The Bertz CT molecular complexity index is 3760. The molecule has 0 fully saturated rings. The van der Waals surface area contributed by atoms with Crippen molar-refractivity contribution in [3.05, 3.63) is 217 Å². The Morgan fingerprint density at radius 1 is 0.182 bits per heavy atom. The second kappa shape index (κ2) is 28.6. The molecule has 0 saturated carbocycles. The van der Waals surface area contributed by atoms with Gasteiger partial charge in [0.05, 0.1) is 0 Å². The third-order valence-corrected chi connectivity index (χ3v) is 19.9. The van der Waals surface area contributed by atoms with E-state index in [0.717, 1.165) is 17.1 Å². The molecule has 0 heterocycles. The van der Waals surface area contributed by atoms with Crippen molar-refractivity contribution in [2.75, 3.05) is 11.1 Å². The summed E-state index contributed by atoms with van der Waals surface area (Å²) in [4.78, 5) is 0. The summed E-state index contributed by atoms with van der Waals surface area (Å²) in [5, 5.41) is 3.93. The molecule has 0 atom stereocenters. The highest BCUT2D eigenvalue weighted by molar-refractivity contribution is 9.10. The highest BCUT2D eigenvalue weighted by Crippen LogP contribution is 2.44. The molecule has 8 rings (SSSR count). The predicted octanol–water partition coefficient (Wildman–Crippen LogP) is 29.4. The van der Waals surface area contributed by atoms with Gasteiger partial charge in [0, 0.05) is 21.5 Å². The fourth-order valence-corrected chi connectivity index (χ4v) is 12.3. The Hall–Kier alpha value is -6.16. The fraction of sp³-hybridized carbons (Fsp3) is 0.500. The smallest absolute Gasteiger partial charge is 0.0396 e. The topological polar surface area (TPSA) is 38.0 Å². The van der Waals surface area contributed by atoms with Crippen LogP contribution >= 0.6 is 15.9 Å². The summed E-state index contributed by atoms with van der Waals surface area (Å²) < 4.78 is 1.18. The summed E-state index contributed by atoms with van der Waals surface area (Å²) in [6.07, 6.45) is 0. The Morgan fingerprint density at radius 3 is 0.505 bits per heavy atom. The lowest BCUT2D eigenvalue weighted by molar-refractivity contribution is 0.567. The first kappa shape index (κ1) is 81.8. The van der Waals surface area contributed by atoms with E-state index in [1.165, 1.54) is 116 Å².